The minimum atomic E-state index is -1.09. The van der Waals surface area contributed by atoms with Crippen molar-refractivity contribution in [3.05, 3.63) is 29.8 Å². The second-order valence-electron chi connectivity index (χ2n) is 10.3. The van der Waals surface area contributed by atoms with E-state index in [9.17, 15) is 24.3 Å². The Labute approximate surface area is 212 Å². The molecule has 3 N–H and O–H groups in total. The topological polar surface area (TPSA) is 134 Å². The van der Waals surface area contributed by atoms with Crippen LogP contribution in [-0.2, 0) is 23.9 Å². The van der Waals surface area contributed by atoms with Gasteiger partial charge >= 0.3 is 12.1 Å². The third-order valence-corrected chi connectivity index (χ3v) is 6.20. The molecule has 1 fully saturated rings. The minimum Gasteiger partial charge on any atom is -0.508 e. The zero-order valence-corrected chi connectivity index (χ0v) is 22.2. The second kappa shape index (κ2) is 12.1. The highest BCUT2D eigenvalue weighted by atomic mass is 16.6. The van der Waals surface area contributed by atoms with Crippen molar-refractivity contribution < 1.29 is 33.8 Å². The van der Waals surface area contributed by atoms with Gasteiger partial charge in [0.05, 0.1) is 7.11 Å². The summed E-state index contributed by atoms with van der Waals surface area (Å²) in [5.74, 6) is -1.72. The van der Waals surface area contributed by atoms with Crippen LogP contribution < -0.4 is 10.6 Å². The van der Waals surface area contributed by atoms with Gasteiger partial charge in [-0.3, -0.25) is 14.4 Å². The fourth-order valence-corrected chi connectivity index (χ4v) is 3.87. The largest absolute Gasteiger partial charge is 0.508 e. The Hall–Kier alpha value is -3.30. The lowest BCUT2D eigenvalue weighted by molar-refractivity contribution is -0.146. The maximum atomic E-state index is 14.1. The molecular weight excluding hydrogens is 466 g/mol. The first-order valence-corrected chi connectivity index (χ1v) is 12.2. The summed E-state index contributed by atoms with van der Waals surface area (Å²) in [4.78, 5) is 53.3. The standard InChI is InChI=1S/C26H39N3O7/c1-8-15(2)21(28-25(34)36-26(4,5)6)24(33)29(19-13-16(19)3)22(17-9-11-18(30)12-10-17)23(32)27-14-20(31)35-7/h9-12,15-16,19,21-22,30H,8,13-14H2,1-7H3,(H,27,32)(H,28,34). The zero-order valence-electron chi connectivity index (χ0n) is 22.2. The molecule has 0 heterocycles. The lowest BCUT2D eigenvalue weighted by atomic mass is 9.95. The Morgan fingerprint density at radius 3 is 2.22 bits per heavy atom. The van der Waals surface area contributed by atoms with Crippen molar-refractivity contribution >= 4 is 23.9 Å². The SMILES string of the molecule is CCC(C)C(NC(=O)OC(C)(C)C)C(=O)N(C(C(=O)NCC(=O)OC)c1ccc(O)cc1)C1CC1C. The average molecular weight is 506 g/mol. The molecule has 5 atom stereocenters. The first kappa shape index (κ1) is 28.9. The molecule has 1 aliphatic carbocycles. The number of carbonyl (C=O) groups is 4. The van der Waals surface area contributed by atoms with Crippen molar-refractivity contribution in [3.8, 4) is 5.75 Å². The molecule has 36 heavy (non-hydrogen) atoms. The van der Waals surface area contributed by atoms with Crippen LogP contribution in [0.5, 0.6) is 5.75 Å². The number of esters is 1. The first-order chi connectivity index (χ1) is 16.8. The van der Waals surface area contributed by atoms with Crippen molar-refractivity contribution in [1.29, 1.82) is 0 Å². The number of ether oxygens (including phenoxy) is 2. The van der Waals surface area contributed by atoms with Gasteiger partial charge in [-0.1, -0.05) is 39.3 Å². The van der Waals surface area contributed by atoms with Gasteiger partial charge in [0.15, 0.2) is 0 Å². The lowest BCUT2D eigenvalue weighted by Crippen LogP contribution is -2.56. The van der Waals surface area contributed by atoms with Crippen LogP contribution in [0.1, 0.15) is 66.0 Å². The van der Waals surface area contributed by atoms with Crippen LogP contribution in [0.2, 0.25) is 0 Å². The quantitative estimate of drug-likeness (QED) is 0.416. The van der Waals surface area contributed by atoms with E-state index in [1.165, 1.54) is 24.1 Å². The molecule has 1 aromatic rings. The lowest BCUT2D eigenvalue weighted by Gasteiger charge is -2.36. The Morgan fingerprint density at radius 1 is 1.17 bits per heavy atom. The van der Waals surface area contributed by atoms with Crippen LogP contribution in [0, 0.1) is 11.8 Å². The zero-order chi connectivity index (χ0) is 27.2. The van der Waals surface area contributed by atoms with Crippen LogP contribution in [0.4, 0.5) is 4.79 Å². The van der Waals surface area contributed by atoms with E-state index in [1.807, 2.05) is 20.8 Å². The Morgan fingerprint density at radius 2 is 1.75 bits per heavy atom. The summed E-state index contributed by atoms with van der Waals surface area (Å²) in [7, 11) is 1.22. The number of methoxy groups -OCH3 is 1. The van der Waals surface area contributed by atoms with Gasteiger partial charge in [-0.05, 0) is 56.7 Å². The molecule has 1 aliphatic rings. The van der Waals surface area contributed by atoms with Crippen molar-refractivity contribution in [2.24, 2.45) is 11.8 Å². The van der Waals surface area contributed by atoms with Gasteiger partial charge in [-0.25, -0.2) is 4.79 Å². The third kappa shape index (κ3) is 7.86. The molecule has 10 nitrogen and oxygen atoms in total. The molecule has 3 amide bonds. The summed E-state index contributed by atoms with van der Waals surface area (Å²) in [6, 6.07) is 3.71. The molecule has 1 saturated carbocycles. The number of nitrogens with zero attached hydrogens (tertiary/aromatic N) is 1. The predicted molar refractivity (Wildman–Crippen MR) is 133 cm³/mol. The highest BCUT2D eigenvalue weighted by Crippen LogP contribution is 2.41. The molecule has 0 spiro atoms. The number of phenols is 1. The predicted octanol–water partition coefficient (Wildman–Crippen LogP) is 2.90. The molecule has 5 unspecified atom stereocenters. The second-order valence-corrected chi connectivity index (χ2v) is 10.3. The molecule has 0 bridgehead atoms. The van der Waals surface area contributed by atoms with Gasteiger partial charge in [0, 0.05) is 6.04 Å². The average Bonchev–Trinajstić information content (AvgIpc) is 3.53. The molecule has 10 heteroatoms. The Kier molecular flexibility index (Phi) is 9.72. The van der Waals surface area contributed by atoms with Crippen LogP contribution in [-0.4, -0.2) is 65.2 Å². The number of rotatable bonds is 10. The maximum Gasteiger partial charge on any atom is 0.408 e. The third-order valence-electron chi connectivity index (χ3n) is 6.20. The smallest absolute Gasteiger partial charge is 0.408 e. The molecule has 200 valence electrons. The maximum absolute atomic E-state index is 14.1. The fraction of sp³-hybridized carbons (Fsp3) is 0.615. The summed E-state index contributed by atoms with van der Waals surface area (Å²) in [5.41, 5.74) is -0.289. The molecule has 0 saturated heterocycles. The van der Waals surface area contributed by atoms with E-state index in [2.05, 4.69) is 15.4 Å². The minimum absolute atomic E-state index is 0.00853. The van der Waals surface area contributed by atoms with E-state index >= 15 is 0 Å². The Balaban J connectivity index is 2.48. The van der Waals surface area contributed by atoms with Gasteiger partial charge in [-0.15, -0.1) is 0 Å². The number of amides is 3. The summed E-state index contributed by atoms with van der Waals surface area (Å²) in [6.07, 6.45) is 0.560. The summed E-state index contributed by atoms with van der Waals surface area (Å²) < 4.78 is 10.0. The van der Waals surface area contributed by atoms with E-state index in [-0.39, 0.29) is 30.2 Å². The van der Waals surface area contributed by atoms with Crippen molar-refractivity contribution in [1.82, 2.24) is 15.5 Å². The summed E-state index contributed by atoms with van der Waals surface area (Å²) >= 11 is 0. The van der Waals surface area contributed by atoms with Crippen molar-refractivity contribution in [2.75, 3.05) is 13.7 Å². The van der Waals surface area contributed by atoms with E-state index in [0.717, 1.165) is 0 Å². The monoisotopic (exact) mass is 505 g/mol. The number of hydrogen-bond donors (Lipinski definition) is 3. The van der Waals surface area contributed by atoms with E-state index in [0.29, 0.717) is 18.4 Å². The number of hydrogen-bond acceptors (Lipinski definition) is 7. The van der Waals surface area contributed by atoms with Crippen LogP contribution in [0.25, 0.3) is 0 Å². The number of nitrogens with one attached hydrogen (secondary N) is 2. The van der Waals surface area contributed by atoms with E-state index in [1.54, 1.807) is 32.9 Å². The molecule has 0 radical (unpaired) electrons. The van der Waals surface area contributed by atoms with Gasteiger partial charge in [-0.2, -0.15) is 0 Å². The van der Waals surface area contributed by atoms with Gasteiger partial charge in [0.25, 0.3) is 0 Å². The van der Waals surface area contributed by atoms with Crippen LogP contribution in [0.3, 0.4) is 0 Å². The molecule has 2 rings (SSSR count). The number of aromatic hydroxyl groups is 1. The normalized spacial score (nSPS) is 19.3. The van der Waals surface area contributed by atoms with Gasteiger partial charge < -0.3 is 30.1 Å². The molecule has 1 aromatic carbocycles. The van der Waals surface area contributed by atoms with Gasteiger partial charge in [0.1, 0.15) is 30.0 Å². The van der Waals surface area contributed by atoms with Crippen LogP contribution in [0.15, 0.2) is 24.3 Å². The molecular formula is C26H39N3O7. The molecule has 0 aromatic heterocycles. The highest BCUT2D eigenvalue weighted by molar-refractivity contribution is 5.93. The first-order valence-electron chi connectivity index (χ1n) is 12.2. The number of alkyl carbamates (subject to hydrolysis) is 1. The summed E-state index contributed by atoms with van der Waals surface area (Å²) in [6.45, 7) is 10.6. The van der Waals surface area contributed by atoms with Gasteiger partial charge in [0.2, 0.25) is 11.8 Å². The van der Waals surface area contributed by atoms with E-state index in [4.69, 9.17) is 4.74 Å². The van der Waals surface area contributed by atoms with Crippen LogP contribution >= 0.6 is 0 Å². The summed E-state index contributed by atoms with van der Waals surface area (Å²) in [5, 5.41) is 15.0. The number of benzene rings is 1. The fourth-order valence-electron chi connectivity index (χ4n) is 3.87. The van der Waals surface area contributed by atoms with Crippen molar-refractivity contribution in [3.63, 3.8) is 0 Å². The Bertz CT molecular complexity index is 942. The van der Waals surface area contributed by atoms with E-state index < -0.39 is 41.6 Å². The highest BCUT2D eigenvalue weighted by Gasteiger charge is 2.48. The number of phenolic OH excluding ortho intramolecular Hbond substituents is 1. The van der Waals surface area contributed by atoms with Crippen molar-refractivity contribution in [2.45, 2.75) is 78.1 Å². The number of carbonyl (C=O) groups excluding carboxylic acids is 4. The molecule has 0 aliphatic heterocycles.